The lowest BCUT2D eigenvalue weighted by Crippen LogP contribution is -2.43. The molecular formula is C22H32ClN3O2. The molecule has 0 bridgehead atoms. The smallest absolute Gasteiger partial charge is 0.234 e. The van der Waals surface area contributed by atoms with Gasteiger partial charge in [0.25, 0.3) is 0 Å². The fourth-order valence-electron chi connectivity index (χ4n) is 4.53. The van der Waals surface area contributed by atoms with E-state index in [9.17, 15) is 4.79 Å². The van der Waals surface area contributed by atoms with Crippen molar-refractivity contribution >= 4 is 17.5 Å². The Hall–Kier alpha value is -1.14. The SMILES string of the molecule is O=C(CN(C[C@@H]1CCOC1)C1CC1)NC[C@H](c1ccccc1Cl)N1CCCC1. The Morgan fingerprint density at radius 2 is 2.04 bits per heavy atom. The van der Waals surface area contributed by atoms with E-state index in [-0.39, 0.29) is 11.9 Å². The van der Waals surface area contributed by atoms with Crippen LogP contribution in [0, 0.1) is 5.92 Å². The number of halogens is 1. The monoisotopic (exact) mass is 405 g/mol. The molecular weight excluding hydrogens is 374 g/mol. The molecule has 154 valence electrons. The predicted molar refractivity (Wildman–Crippen MR) is 112 cm³/mol. The summed E-state index contributed by atoms with van der Waals surface area (Å²) in [6.45, 7) is 5.95. The molecule has 1 amide bonds. The molecule has 2 heterocycles. The Balaban J connectivity index is 1.34. The van der Waals surface area contributed by atoms with Gasteiger partial charge < -0.3 is 10.1 Å². The molecule has 0 aromatic heterocycles. The molecule has 28 heavy (non-hydrogen) atoms. The summed E-state index contributed by atoms with van der Waals surface area (Å²) in [5.41, 5.74) is 1.12. The van der Waals surface area contributed by atoms with Crippen LogP contribution in [0.3, 0.4) is 0 Å². The minimum absolute atomic E-state index is 0.127. The maximum Gasteiger partial charge on any atom is 0.234 e. The van der Waals surface area contributed by atoms with Gasteiger partial charge in [-0.25, -0.2) is 0 Å². The standard InChI is InChI=1S/C22H32ClN3O2/c23-20-6-2-1-5-19(20)21(25-10-3-4-11-25)13-24-22(27)15-26(18-7-8-18)14-17-9-12-28-16-17/h1-2,5-6,17-18,21H,3-4,7-16H2,(H,24,27)/t17-,21+/m0/s1. The summed E-state index contributed by atoms with van der Waals surface area (Å²) in [5.74, 6) is 0.705. The van der Waals surface area contributed by atoms with Gasteiger partial charge in [0.15, 0.2) is 0 Å². The Labute approximate surface area is 173 Å². The number of carbonyl (C=O) groups is 1. The number of likely N-dealkylation sites (tertiary alicyclic amines) is 1. The highest BCUT2D eigenvalue weighted by Crippen LogP contribution is 2.30. The number of carbonyl (C=O) groups excluding carboxylic acids is 1. The first-order valence-electron chi connectivity index (χ1n) is 10.8. The van der Waals surface area contributed by atoms with E-state index in [2.05, 4.69) is 21.2 Å². The molecule has 1 saturated carbocycles. The van der Waals surface area contributed by atoms with Crippen LogP contribution >= 0.6 is 11.6 Å². The van der Waals surface area contributed by atoms with E-state index in [4.69, 9.17) is 16.3 Å². The van der Waals surface area contributed by atoms with Gasteiger partial charge in [0.2, 0.25) is 5.91 Å². The summed E-state index contributed by atoms with van der Waals surface area (Å²) in [4.78, 5) is 17.6. The lowest BCUT2D eigenvalue weighted by molar-refractivity contribution is -0.122. The van der Waals surface area contributed by atoms with Gasteiger partial charge in [-0.15, -0.1) is 0 Å². The van der Waals surface area contributed by atoms with Crippen LogP contribution in [0.5, 0.6) is 0 Å². The molecule has 0 spiro atoms. The van der Waals surface area contributed by atoms with Crippen molar-refractivity contribution in [3.63, 3.8) is 0 Å². The van der Waals surface area contributed by atoms with Crippen LogP contribution in [0.4, 0.5) is 0 Å². The molecule has 1 aromatic carbocycles. The summed E-state index contributed by atoms with van der Waals surface area (Å²) in [6, 6.07) is 8.77. The Morgan fingerprint density at radius 1 is 1.25 bits per heavy atom. The summed E-state index contributed by atoms with van der Waals surface area (Å²) in [7, 11) is 0. The molecule has 1 aliphatic carbocycles. The summed E-state index contributed by atoms with van der Waals surface area (Å²) >= 11 is 6.48. The number of amides is 1. The zero-order valence-corrected chi connectivity index (χ0v) is 17.4. The van der Waals surface area contributed by atoms with E-state index in [0.717, 1.165) is 49.9 Å². The number of rotatable bonds is 9. The van der Waals surface area contributed by atoms with Gasteiger partial charge in [-0.2, -0.15) is 0 Å². The largest absolute Gasteiger partial charge is 0.381 e. The Kier molecular flexibility index (Phi) is 6.89. The maximum atomic E-state index is 12.8. The molecule has 3 fully saturated rings. The lowest BCUT2D eigenvalue weighted by atomic mass is 10.1. The second kappa shape index (κ2) is 9.57. The summed E-state index contributed by atoms with van der Waals surface area (Å²) in [6.07, 6.45) is 5.99. The van der Waals surface area contributed by atoms with Crippen molar-refractivity contribution in [3.8, 4) is 0 Å². The molecule has 3 aliphatic rings. The minimum atomic E-state index is 0.127. The van der Waals surface area contributed by atoms with Crippen LogP contribution in [-0.4, -0.2) is 67.7 Å². The van der Waals surface area contributed by atoms with Gasteiger partial charge in [-0.1, -0.05) is 29.8 Å². The van der Waals surface area contributed by atoms with Gasteiger partial charge in [-0.3, -0.25) is 14.6 Å². The van der Waals surface area contributed by atoms with Crippen LogP contribution in [0.1, 0.15) is 43.7 Å². The van der Waals surface area contributed by atoms with Gasteiger partial charge in [-0.05, 0) is 62.7 Å². The summed E-state index contributed by atoms with van der Waals surface area (Å²) < 4.78 is 5.51. The molecule has 0 radical (unpaired) electrons. The summed E-state index contributed by atoms with van der Waals surface area (Å²) in [5, 5.41) is 4.00. The van der Waals surface area contributed by atoms with Crippen LogP contribution < -0.4 is 5.32 Å². The van der Waals surface area contributed by atoms with Crippen molar-refractivity contribution in [3.05, 3.63) is 34.9 Å². The minimum Gasteiger partial charge on any atom is -0.381 e. The number of hydrogen-bond acceptors (Lipinski definition) is 4. The molecule has 1 N–H and O–H groups in total. The molecule has 0 unspecified atom stereocenters. The zero-order valence-electron chi connectivity index (χ0n) is 16.6. The molecule has 6 heteroatoms. The zero-order chi connectivity index (χ0) is 19.3. The quantitative estimate of drug-likeness (QED) is 0.685. The number of nitrogens with one attached hydrogen (secondary N) is 1. The van der Waals surface area contributed by atoms with Crippen LogP contribution in [0.2, 0.25) is 5.02 Å². The van der Waals surface area contributed by atoms with Crippen molar-refractivity contribution < 1.29 is 9.53 Å². The number of benzene rings is 1. The second-order valence-electron chi connectivity index (χ2n) is 8.47. The van der Waals surface area contributed by atoms with Gasteiger partial charge >= 0.3 is 0 Å². The highest BCUT2D eigenvalue weighted by molar-refractivity contribution is 6.31. The fraction of sp³-hybridized carbons (Fsp3) is 0.682. The van der Waals surface area contributed by atoms with Crippen molar-refractivity contribution in [2.75, 3.05) is 45.9 Å². The molecule has 2 atom stereocenters. The predicted octanol–water partition coefficient (Wildman–Crippen LogP) is 3.09. The normalized spacial score (nSPS) is 24.0. The van der Waals surface area contributed by atoms with E-state index < -0.39 is 0 Å². The first-order valence-corrected chi connectivity index (χ1v) is 11.2. The van der Waals surface area contributed by atoms with Crippen molar-refractivity contribution in [2.24, 2.45) is 5.92 Å². The molecule has 4 rings (SSSR count). The Bertz CT molecular complexity index is 655. The topological polar surface area (TPSA) is 44.8 Å². The molecule has 5 nitrogen and oxygen atoms in total. The fourth-order valence-corrected chi connectivity index (χ4v) is 4.79. The van der Waals surface area contributed by atoms with E-state index in [1.54, 1.807) is 0 Å². The average molecular weight is 406 g/mol. The third kappa shape index (κ3) is 5.26. The third-order valence-electron chi connectivity index (χ3n) is 6.26. The van der Waals surface area contributed by atoms with E-state index in [0.29, 0.717) is 25.0 Å². The maximum absolute atomic E-state index is 12.8. The van der Waals surface area contributed by atoms with E-state index in [1.165, 1.54) is 25.7 Å². The third-order valence-corrected chi connectivity index (χ3v) is 6.61. The van der Waals surface area contributed by atoms with E-state index in [1.807, 2.05) is 18.2 Å². The average Bonchev–Trinajstić information content (AvgIpc) is 3.15. The number of hydrogen-bond donors (Lipinski definition) is 1. The first-order chi connectivity index (χ1) is 13.7. The van der Waals surface area contributed by atoms with Crippen LogP contribution in [0.15, 0.2) is 24.3 Å². The Morgan fingerprint density at radius 3 is 2.71 bits per heavy atom. The van der Waals surface area contributed by atoms with Gasteiger partial charge in [0.05, 0.1) is 19.2 Å². The highest BCUT2D eigenvalue weighted by Gasteiger charge is 2.33. The number of nitrogens with zero attached hydrogens (tertiary/aromatic N) is 2. The van der Waals surface area contributed by atoms with Crippen LogP contribution in [-0.2, 0) is 9.53 Å². The molecule has 1 aromatic rings. The van der Waals surface area contributed by atoms with Gasteiger partial charge in [0.1, 0.15) is 0 Å². The first kappa shape index (κ1) is 20.1. The van der Waals surface area contributed by atoms with Crippen LogP contribution in [0.25, 0.3) is 0 Å². The van der Waals surface area contributed by atoms with Crippen molar-refractivity contribution in [2.45, 2.75) is 44.2 Å². The van der Waals surface area contributed by atoms with E-state index >= 15 is 0 Å². The van der Waals surface area contributed by atoms with Gasteiger partial charge in [0, 0.05) is 30.8 Å². The lowest BCUT2D eigenvalue weighted by Gasteiger charge is -2.30. The highest BCUT2D eigenvalue weighted by atomic mass is 35.5. The molecule has 2 aliphatic heterocycles. The molecule has 2 saturated heterocycles. The number of ether oxygens (including phenoxy) is 1. The van der Waals surface area contributed by atoms with Crippen molar-refractivity contribution in [1.82, 2.24) is 15.1 Å². The second-order valence-corrected chi connectivity index (χ2v) is 8.88. The van der Waals surface area contributed by atoms with Crippen molar-refractivity contribution in [1.29, 1.82) is 0 Å².